The molecule has 0 aliphatic carbocycles. The average molecular weight is 419 g/mol. The third kappa shape index (κ3) is 5.12. The van der Waals surface area contributed by atoms with Crippen molar-refractivity contribution in [3.05, 3.63) is 35.0 Å². The fraction of sp³-hybridized carbons (Fsp3) is 0.200. The minimum atomic E-state index is -4.10. The molecule has 12 heteroatoms. The second kappa shape index (κ2) is 8.29. The molecule has 10 nitrogen and oxygen atoms in total. The summed E-state index contributed by atoms with van der Waals surface area (Å²) < 4.78 is 41.9. The Hall–Kier alpha value is -2.76. The van der Waals surface area contributed by atoms with E-state index < -0.39 is 39.4 Å². The zero-order chi connectivity index (χ0) is 20.2. The van der Waals surface area contributed by atoms with Gasteiger partial charge in [0, 0.05) is 12.1 Å². The zero-order valence-electron chi connectivity index (χ0n) is 14.1. The van der Waals surface area contributed by atoms with Crippen molar-refractivity contribution in [2.75, 3.05) is 26.1 Å². The molecule has 2 aromatic rings. The smallest absolute Gasteiger partial charge is 0.374 e. The number of hydrogen-bond acceptors (Lipinski definition) is 8. The van der Waals surface area contributed by atoms with Gasteiger partial charge in [-0.25, -0.2) is 18.4 Å². The molecule has 2 rings (SSSR count). The maximum absolute atomic E-state index is 12.0. The molecule has 0 spiro atoms. The summed E-state index contributed by atoms with van der Waals surface area (Å²) >= 11 is 5.97. The number of halogens is 1. The quantitative estimate of drug-likeness (QED) is 0.641. The van der Waals surface area contributed by atoms with Gasteiger partial charge in [-0.2, -0.15) is 0 Å². The second-order valence-electron chi connectivity index (χ2n) is 4.98. The van der Waals surface area contributed by atoms with E-state index in [1.807, 2.05) is 0 Å². The predicted octanol–water partition coefficient (Wildman–Crippen LogP) is 1.39. The number of carbonyl (C=O) groups is 2. The molecule has 0 radical (unpaired) electrons. The van der Waals surface area contributed by atoms with Crippen LogP contribution in [0, 0.1) is 0 Å². The molecular weight excluding hydrogens is 404 g/mol. The number of hydrogen-bond donors (Lipinski definition) is 2. The van der Waals surface area contributed by atoms with Crippen LogP contribution in [0.3, 0.4) is 0 Å². The van der Waals surface area contributed by atoms with Crippen molar-refractivity contribution >= 4 is 39.2 Å². The van der Waals surface area contributed by atoms with E-state index in [0.29, 0.717) is 5.75 Å². The molecule has 0 fully saturated rings. The first-order valence-corrected chi connectivity index (χ1v) is 9.09. The lowest BCUT2D eigenvalue weighted by Crippen LogP contribution is -2.21. The van der Waals surface area contributed by atoms with Gasteiger partial charge in [-0.3, -0.25) is 4.79 Å². The normalized spacial score (nSPS) is 11.0. The Morgan fingerprint density at radius 2 is 1.85 bits per heavy atom. The summed E-state index contributed by atoms with van der Waals surface area (Å²) in [7, 11) is -1.31. The topological polar surface area (TPSA) is 147 Å². The van der Waals surface area contributed by atoms with E-state index in [1.54, 1.807) is 0 Å². The summed E-state index contributed by atoms with van der Waals surface area (Å²) in [6.07, 6.45) is 0. The Balaban J connectivity index is 2.02. The van der Waals surface area contributed by atoms with Gasteiger partial charge >= 0.3 is 5.97 Å². The van der Waals surface area contributed by atoms with Crippen LogP contribution >= 0.6 is 11.6 Å². The fourth-order valence-corrected chi connectivity index (χ4v) is 2.62. The third-order valence-corrected chi connectivity index (χ3v) is 4.22. The highest BCUT2D eigenvalue weighted by molar-refractivity contribution is 7.89. The van der Waals surface area contributed by atoms with E-state index >= 15 is 0 Å². The van der Waals surface area contributed by atoms with Crippen molar-refractivity contribution < 1.29 is 36.6 Å². The number of amides is 1. The van der Waals surface area contributed by atoms with Gasteiger partial charge in [-0.15, -0.1) is 0 Å². The first-order valence-electron chi connectivity index (χ1n) is 7.17. The number of anilines is 1. The Morgan fingerprint density at radius 1 is 1.19 bits per heavy atom. The lowest BCUT2D eigenvalue weighted by Gasteiger charge is -2.13. The van der Waals surface area contributed by atoms with Gasteiger partial charge in [0.05, 0.1) is 24.9 Å². The van der Waals surface area contributed by atoms with E-state index in [-0.39, 0.29) is 16.5 Å². The van der Waals surface area contributed by atoms with Crippen LogP contribution in [0.4, 0.5) is 5.69 Å². The number of sulfonamides is 1. The highest BCUT2D eigenvalue weighted by atomic mass is 35.5. The lowest BCUT2D eigenvalue weighted by atomic mass is 10.2. The summed E-state index contributed by atoms with van der Waals surface area (Å²) in [5, 5.41) is 7.02. The van der Waals surface area contributed by atoms with E-state index in [9.17, 15) is 18.0 Å². The van der Waals surface area contributed by atoms with Gasteiger partial charge < -0.3 is 23.9 Å². The molecule has 0 bridgehead atoms. The number of nitrogens with two attached hydrogens (primary N) is 1. The summed E-state index contributed by atoms with van der Waals surface area (Å²) in [6.45, 7) is -0.668. The number of esters is 1. The van der Waals surface area contributed by atoms with E-state index in [4.69, 9.17) is 35.4 Å². The fourth-order valence-electron chi connectivity index (χ4n) is 1.93. The molecule has 1 aromatic heterocycles. The molecule has 0 aliphatic rings. The number of benzene rings is 1. The minimum Gasteiger partial charge on any atom is -0.495 e. The number of methoxy groups -OCH3 is 2. The van der Waals surface area contributed by atoms with Gasteiger partial charge in [0.25, 0.3) is 15.9 Å². The Bertz CT molecular complexity index is 970. The number of ether oxygens (including phenoxy) is 3. The van der Waals surface area contributed by atoms with Crippen LogP contribution < -0.4 is 19.9 Å². The molecule has 1 heterocycles. The Kier molecular flexibility index (Phi) is 6.31. The van der Waals surface area contributed by atoms with Crippen molar-refractivity contribution in [3.63, 3.8) is 0 Å². The molecule has 1 aromatic carbocycles. The van der Waals surface area contributed by atoms with Crippen molar-refractivity contribution in [1.29, 1.82) is 0 Å². The van der Waals surface area contributed by atoms with Crippen molar-refractivity contribution in [3.8, 4) is 11.5 Å². The number of rotatable bonds is 7. The summed E-state index contributed by atoms with van der Waals surface area (Å²) in [5.41, 5.74) is 0.245. The predicted molar refractivity (Wildman–Crippen MR) is 93.5 cm³/mol. The van der Waals surface area contributed by atoms with Gasteiger partial charge in [0.1, 0.15) is 11.5 Å². The molecule has 1 amide bonds. The van der Waals surface area contributed by atoms with E-state index in [1.165, 1.54) is 26.4 Å². The van der Waals surface area contributed by atoms with E-state index in [2.05, 4.69) is 5.32 Å². The Labute approximate surface area is 159 Å². The van der Waals surface area contributed by atoms with Crippen LogP contribution in [0.1, 0.15) is 10.6 Å². The molecule has 0 saturated heterocycles. The zero-order valence-corrected chi connectivity index (χ0v) is 15.7. The summed E-state index contributed by atoms with van der Waals surface area (Å²) in [4.78, 5) is 23.8. The Morgan fingerprint density at radius 3 is 2.41 bits per heavy atom. The first kappa shape index (κ1) is 20.6. The summed E-state index contributed by atoms with van der Waals surface area (Å²) in [6, 6.07) is 4.94. The monoisotopic (exact) mass is 418 g/mol. The highest BCUT2D eigenvalue weighted by Crippen LogP contribution is 2.35. The van der Waals surface area contributed by atoms with Crippen molar-refractivity contribution in [2.45, 2.75) is 5.09 Å². The molecule has 0 unspecified atom stereocenters. The van der Waals surface area contributed by atoms with Crippen molar-refractivity contribution in [1.82, 2.24) is 0 Å². The van der Waals surface area contributed by atoms with Crippen LogP contribution in [-0.2, 0) is 19.6 Å². The molecule has 27 heavy (non-hydrogen) atoms. The number of furan rings is 1. The van der Waals surface area contributed by atoms with Crippen LogP contribution in [0.5, 0.6) is 11.5 Å². The first-order chi connectivity index (χ1) is 12.7. The standard InChI is InChI=1S/C15H15ClN2O8S/c1-23-11-6-9(12(24-2)5-8(11)16)18-13(19)7-25-15(20)10-3-4-14(26-10)27(17,21)22/h3-6H,7H2,1-2H3,(H,18,19)(H2,17,21,22). The highest BCUT2D eigenvalue weighted by Gasteiger charge is 2.20. The minimum absolute atomic E-state index is 0.245. The molecule has 146 valence electrons. The maximum atomic E-state index is 12.0. The maximum Gasteiger partial charge on any atom is 0.374 e. The van der Waals surface area contributed by atoms with Gasteiger partial charge in [-0.1, -0.05) is 11.6 Å². The largest absolute Gasteiger partial charge is 0.495 e. The van der Waals surface area contributed by atoms with Gasteiger partial charge in [0.15, 0.2) is 6.61 Å². The van der Waals surface area contributed by atoms with Crippen molar-refractivity contribution in [2.24, 2.45) is 5.14 Å². The SMILES string of the molecule is COc1cc(NC(=O)COC(=O)c2ccc(S(N)(=O)=O)o2)c(OC)cc1Cl. The van der Waals surface area contributed by atoms with Gasteiger partial charge in [-0.05, 0) is 12.1 Å². The van der Waals surface area contributed by atoms with Crippen LogP contribution in [-0.4, -0.2) is 41.1 Å². The van der Waals surface area contributed by atoms with Crippen LogP contribution in [0.2, 0.25) is 5.02 Å². The second-order valence-corrected chi connectivity index (χ2v) is 6.87. The lowest BCUT2D eigenvalue weighted by molar-refractivity contribution is -0.119. The number of primary sulfonamides is 1. The van der Waals surface area contributed by atoms with E-state index in [0.717, 1.165) is 12.1 Å². The summed E-state index contributed by atoms with van der Waals surface area (Å²) in [5.74, 6) is -1.58. The van der Waals surface area contributed by atoms with Crippen LogP contribution in [0.25, 0.3) is 0 Å². The van der Waals surface area contributed by atoms with Gasteiger partial charge in [0.2, 0.25) is 10.9 Å². The van der Waals surface area contributed by atoms with Crippen LogP contribution in [0.15, 0.2) is 33.8 Å². The third-order valence-electron chi connectivity index (χ3n) is 3.15. The average Bonchev–Trinajstić information content (AvgIpc) is 3.11. The molecule has 0 aliphatic heterocycles. The molecular formula is C15H15ClN2O8S. The molecule has 0 saturated carbocycles. The molecule has 0 atom stereocenters. The number of carbonyl (C=O) groups excluding carboxylic acids is 2. The number of nitrogens with one attached hydrogen (secondary N) is 1. The molecule has 3 N–H and O–H groups in total.